The highest BCUT2D eigenvalue weighted by molar-refractivity contribution is 7.90. The molecule has 0 aliphatic carbocycles. The van der Waals surface area contributed by atoms with E-state index < -0.39 is 32.9 Å². The fourth-order valence-electron chi connectivity index (χ4n) is 1.60. The van der Waals surface area contributed by atoms with Crippen molar-refractivity contribution in [2.24, 2.45) is 0 Å². The molecule has 1 N–H and O–H groups in total. The van der Waals surface area contributed by atoms with Crippen molar-refractivity contribution < 1.29 is 31.1 Å². The van der Waals surface area contributed by atoms with Gasteiger partial charge < -0.3 is 4.74 Å². The summed E-state index contributed by atoms with van der Waals surface area (Å²) in [6.45, 7) is 0. The largest absolute Gasteiger partial charge is 0.434 e. The zero-order valence-corrected chi connectivity index (χ0v) is 12.1. The molecule has 23 heavy (non-hydrogen) atoms. The van der Waals surface area contributed by atoms with Crippen LogP contribution in [-0.2, 0) is 16.2 Å². The maximum Gasteiger partial charge on any atom is 0.434 e. The van der Waals surface area contributed by atoms with E-state index in [0.29, 0.717) is 6.07 Å². The number of hydrogen-bond acceptors (Lipinski definition) is 5. The Morgan fingerprint density at radius 2 is 1.74 bits per heavy atom. The summed E-state index contributed by atoms with van der Waals surface area (Å²) >= 11 is 0. The van der Waals surface area contributed by atoms with E-state index in [1.54, 1.807) is 6.07 Å². The molecule has 0 aliphatic rings. The van der Waals surface area contributed by atoms with Gasteiger partial charge in [0.2, 0.25) is 0 Å². The third kappa shape index (κ3) is 4.19. The number of sulfonamides is 1. The lowest BCUT2D eigenvalue weighted by Crippen LogP contribution is -2.34. The van der Waals surface area contributed by atoms with Crippen molar-refractivity contribution in [1.29, 1.82) is 0 Å². The summed E-state index contributed by atoms with van der Waals surface area (Å²) in [6.07, 6.45) is -5.63. The van der Waals surface area contributed by atoms with E-state index in [4.69, 9.17) is 0 Å². The second-order valence-corrected chi connectivity index (χ2v) is 5.81. The number of para-hydroxylation sites is 1. The molecule has 2 aromatic rings. The molecule has 0 aliphatic heterocycles. The summed E-state index contributed by atoms with van der Waals surface area (Å²) in [6, 6.07) is 9.13. The van der Waals surface area contributed by atoms with Crippen molar-refractivity contribution in [3.05, 3.63) is 54.4 Å². The van der Waals surface area contributed by atoms with Gasteiger partial charge in [-0.05, 0) is 24.3 Å². The van der Waals surface area contributed by atoms with Gasteiger partial charge in [0, 0.05) is 6.20 Å². The van der Waals surface area contributed by atoms with Gasteiger partial charge in [-0.25, -0.2) is 17.9 Å². The number of nitrogens with one attached hydrogen (secondary N) is 1. The molecule has 0 radical (unpaired) electrons. The number of pyridine rings is 1. The fourth-order valence-corrected chi connectivity index (χ4v) is 2.65. The van der Waals surface area contributed by atoms with Gasteiger partial charge in [-0.15, -0.1) is 0 Å². The Kier molecular flexibility index (Phi) is 4.55. The Labute approximate surface area is 129 Å². The van der Waals surface area contributed by atoms with E-state index >= 15 is 0 Å². The monoisotopic (exact) mass is 346 g/mol. The SMILES string of the molecule is O=C(NS(=O)(=O)c1cccnc1C(F)(F)F)Oc1ccccc1. The zero-order chi connectivity index (χ0) is 17.1. The van der Waals surface area contributed by atoms with Crippen LogP contribution < -0.4 is 9.46 Å². The minimum atomic E-state index is -4.99. The molecule has 2 rings (SSSR count). The first-order valence-corrected chi connectivity index (χ1v) is 7.50. The number of amides is 1. The highest BCUT2D eigenvalue weighted by Crippen LogP contribution is 2.32. The molecule has 0 atom stereocenters. The normalized spacial score (nSPS) is 11.8. The highest BCUT2D eigenvalue weighted by atomic mass is 32.2. The van der Waals surface area contributed by atoms with Gasteiger partial charge in [0.05, 0.1) is 0 Å². The van der Waals surface area contributed by atoms with Crippen molar-refractivity contribution in [2.45, 2.75) is 11.1 Å². The van der Waals surface area contributed by atoms with Crippen molar-refractivity contribution >= 4 is 16.1 Å². The van der Waals surface area contributed by atoms with Crippen LogP contribution in [0.25, 0.3) is 0 Å². The lowest BCUT2D eigenvalue weighted by molar-refractivity contribution is -0.143. The van der Waals surface area contributed by atoms with Gasteiger partial charge >= 0.3 is 12.3 Å². The minimum absolute atomic E-state index is 0.0300. The van der Waals surface area contributed by atoms with Gasteiger partial charge in [0.25, 0.3) is 10.0 Å². The number of carbonyl (C=O) groups is 1. The van der Waals surface area contributed by atoms with Crippen LogP contribution in [0.5, 0.6) is 5.75 Å². The van der Waals surface area contributed by atoms with Crippen molar-refractivity contribution in [3.8, 4) is 5.75 Å². The van der Waals surface area contributed by atoms with E-state index in [9.17, 15) is 26.4 Å². The Morgan fingerprint density at radius 1 is 1.09 bits per heavy atom. The number of alkyl halides is 3. The van der Waals surface area contributed by atoms with Gasteiger partial charge in [-0.2, -0.15) is 13.2 Å². The van der Waals surface area contributed by atoms with E-state index in [0.717, 1.165) is 12.3 Å². The van der Waals surface area contributed by atoms with E-state index in [-0.39, 0.29) is 5.75 Å². The van der Waals surface area contributed by atoms with Crippen LogP contribution in [0.4, 0.5) is 18.0 Å². The molecule has 0 spiro atoms. The standard InChI is InChI=1S/C13H9F3N2O4S/c14-13(15,16)11-10(7-4-8-17-11)23(20,21)18-12(19)22-9-5-2-1-3-6-9/h1-8H,(H,18,19). The molecule has 6 nitrogen and oxygen atoms in total. The van der Waals surface area contributed by atoms with Gasteiger partial charge in [-0.1, -0.05) is 18.2 Å². The predicted molar refractivity (Wildman–Crippen MR) is 72.0 cm³/mol. The number of nitrogens with zero attached hydrogens (tertiary/aromatic N) is 1. The summed E-state index contributed by atoms with van der Waals surface area (Å²) in [4.78, 5) is 13.4. The fraction of sp³-hybridized carbons (Fsp3) is 0.0769. The first-order valence-electron chi connectivity index (χ1n) is 6.02. The summed E-state index contributed by atoms with van der Waals surface area (Å²) in [5.74, 6) is 0.0300. The number of ether oxygens (including phenoxy) is 1. The van der Waals surface area contributed by atoms with E-state index in [1.165, 1.54) is 29.0 Å². The summed E-state index contributed by atoms with van der Waals surface area (Å²) < 4.78 is 68.3. The molecule has 0 bridgehead atoms. The molecular weight excluding hydrogens is 337 g/mol. The molecule has 1 aromatic heterocycles. The summed E-state index contributed by atoms with van der Waals surface area (Å²) in [5, 5.41) is 0. The Bertz CT molecular complexity index is 807. The Balaban J connectivity index is 2.25. The van der Waals surface area contributed by atoms with Crippen LogP contribution in [0.2, 0.25) is 0 Å². The first kappa shape index (κ1) is 16.7. The summed E-state index contributed by atoms with van der Waals surface area (Å²) in [7, 11) is -4.80. The van der Waals surface area contributed by atoms with E-state index in [1.807, 2.05) is 0 Å². The quantitative estimate of drug-likeness (QED) is 0.923. The van der Waals surface area contributed by atoms with Crippen LogP contribution in [0.3, 0.4) is 0 Å². The van der Waals surface area contributed by atoms with Crippen molar-refractivity contribution in [3.63, 3.8) is 0 Å². The number of aromatic nitrogens is 1. The smallest absolute Gasteiger partial charge is 0.410 e. The Hall–Kier alpha value is -2.62. The maximum absolute atomic E-state index is 12.8. The molecule has 10 heteroatoms. The molecule has 0 unspecified atom stereocenters. The van der Waals surface area contributed by atoms with Crippen molar-refractivity contribution in [1.82, 2.24) is 9.71 Å². The molecule has 0 saturated carbocycles. The number of carbonyl (C=O) groups excluding carboxylic acids is 1. The average molecular weight is 346 g/mol. The highest BCUT2D eigenvalue weighted by Gasteiger charge is 2.39. The number of halogens is 3. The maximum atomic E-state index is 12.8. The third-order valence-corrected chi connectivity index (χ3v) is 3.84. The lowest BCUT2D eigenvalue weighted by Gasteiger charge is -2.12. The number of hydrogen-bond donors (Lipinski definition) is 1. The van der Waals surface area contributed by atoms with Gasteiger partial charge in [0.15, 0.2) is 5.69 Å². The van der Waals surface area contributed by atoms with Crippen LogP contribution >= 0.6 is 0 Å². The first-order chi connectivity index (χ1) is 10.7. The topological polar surface area (TPSA) is 85.4 Å². The van der Waals surface area contributed by atoms with E-state index in [2.05, 4.69) is 9.72 Å². The minimum Gasteiger partial charge on any atom is -0.410 e. The van der Waals surface area contributed by atoms with Gasteiger partial charge in [0.1, 0.15) is 10.6 Å². The number of rotatable bonds is 3. The Morgan fingerprint density at radius 3 is 2.35 bits per heavy atom. The molecule has 1 aromatic carbocycles. The predicted octanol–water partition coefficient (Wildman–Crippen LogP) is 2.58. The lowest BCUT2D eigenvalue weighted by atomic mass is 10.3. The zero-order valence-electron chi connectivity index (χ0n) is 11.2. The van der Waals surface area contributed by atoms with Crippen LogP contribution in [0.1, 0.15) is 5.69 Å². The van der Waals surface area contributed by atoms with Crippen LogP contribution in [-0.4, -0.2) is 19.5 Å². The third-order valence-electron chi connectivity index (χ3n) is 2.50. The molecule has 0 fully saturated rings. The number of benzene rings is 1. The average Bonchev–Trinajstić information content (AvgIpc) is 2.46. The molecule has 122 valence electrons. The van der Waals surface area contributed by atoms with Crippen LogP contribution in [0, 0.1) is 0 Å². The molecule has 1 heterocycles. The molecular formula is C13H9F3N2O4S. The molecule has 1 amide bonds. The summed E-state index contributed by atoms with van der Waals surface area (Å²) in [5.41, 5.74) is -1.62. The van der Waals surface area contributed by atoms with Crippen LogP contribution in [0.15, 0.2) is 53.6 Å². The van der Waals surface area contributed by atoms with Gasteiger partial charge in [-0.3, -0.25) is 4.98 Å². The second-order valence-electron chi connectivity index (χ2n) is 4.16. The second kappa shape index (κ2) is 6.24. The molecule has 0 saturated heterocycles. The van der Waals surface area contributed by atoms with Crippen molar-refractivity contribution in [2.75, 3.05) is 0 Å².